The highest BCUT2D eigenvalue weighted by Crippen LogP contribution is 2.21. The minimum atomic E-state index is -0.540. The van der Waals surface area contributed by atoms with Gasteiger partial charge < -0.3 is 14.8 Å². The van der Waals surface area contributed by atoms with Crippen LogP contribution in [0.1, 0.15) is 40.1 Å². The summed E-state index contributed by atoms with van der Waals surface area (Å²) in [7, 11) is 0. The standard InChI is InChI=1S/C20H21N5O4/c1-4-28-18(26)14-6-8-15(9-7-14)23-17-16(19(27)29-5-2)11-21-20(24-17)25-12-13(3)10-22-25/h6-12H,4-5H2,1-3H3,(H,21,23,24). The number of ether oxygens (including phenoxy) is 2. The summed E-state index contributed by atoms with van der Waals surface area (Å²) in [6.07, 6.45) is 4.85. The number of nitrogens with one attached hydrogen (secondary N) is 1. The number of carbonyl (C=O) groups excluding carboxylic acids is 2. The molecule has 0 saturated heterocycles. The predicted octanol–water partition coefficient (Wildman–Crippen LogP) is 3.07. The molecule has 0 amide bonds. The lowest BCUT2D eigenvalue weighted by molar-refractivity contribution is 0.0517. The Morgan fingerprint density at radius 1 is 1.03 bits per heavy atom. The maximum atomic E-state index is 12.3. The van der Waals surface area contributed by atoms with Gasteiger partial charge in [-0.15, -0.1) is 0 Å². The largest absolute Gasteiger partial charge is 0.462 e. The molecule has 29 heavy (non-hydrogen) atoms. The van der Waals surface area contributed by atoms with Crippen LogP contribution in [0.5, 0.6) is 0 Å². The van der Waals surface area contributed by atoms with Gasteiger partial charge in [-0.2, -0.15) is 10.1 Å². The number of anilines is 2. The van der Waals surface area contributed by atoms with Gasteiger partial charge in [-0.1, -0.05) is 0 Å². The lowest BCUT2D eigenvalue weighted by Gasteiger charge is -2.12. The van der Waals surface area contributed by atoms with E-state index >= 15 is 0 Å². The van der Waals surface area contributed by atoms with Gasteiger partial charge in [0.1, 0.15) is 5.56 Å². The fourth-order valence-electron chi connectivity index (χ4n) is 2.50. The smallest absolute Gasteiger partial charge is 0.343 e. The van der Waals surface area contributed by atoms with Crippen LogP contribution in [0, 0.1) is 6.92 Å². The van der Waals surface area contributed by atoms with E-state index in [1.165, 1.54) is 10.9 Å². The molecule has 0 spiro atoms. The Hall–Kier alpha value is -3.75. The van der Waals surface area contributed by atoms with Crippen LogP contribution >= 0.6 is 0 Å². The molecule has 2 heterocycles. The van der Waals surface area contributed by atoms with Crippen molar-refractivity contribution in [1.29, 1.82) is 0 Å². The third-order valence-corrected chi connectivity index (χ3v) is 3.85. The third kappa shape index (κ3) is 4.75. The van der Waals surface area contributed by atoms with Gasteiger partial charge in [-0.3, -0.25) is 0 Å². The van der Waals surface area contributed by atoms with E-state index in [9.17, 15) is 9.59 Å². The Bertz CT molecular complexity index is 1010. The summed E-state index contributed by atoms with van der Waals surface area (Å²) in [4.78, 5) is 32.7. The molecule has 9 nitrogen and oxygen atoms in total. The van der Waals surface area contributed by atoms with Crippen molar-refractivity contribution in [2.75, 3.05) is 18.5 Å². The van der Waals surface area contributed by atoms with Crippen molar-refractivity contribution in [2.45, 2.75) is 20.8 Å². The molecule has 0 aliphatic rings. The van der Waals surface area contributed by atoms with E-state index in [-0.39, 0.29) is 18.0 Å². The number of nitrogens with zero attached hydrogens (tertiary/aromatic N) is 4. The maximum absolute atomic E-state index is 12.3. The summed E-state index contributed by atoms with van der Waals surface area (Å²) in [5.74, 6) is -0.367. The van der Waals surface area contributed by atoms with Gasteiger partial charge in [-0.05, 0) is 50.6 Å². The molecule has 0 atom stereocenters. The minimum Gasteiger partial charge on any atom is -0.462 e. The van der Waals surface area contributed by atoms with E-state index in [4.69, 9.17) is 9.47 Å². The molecule has 3 rings (SSSR count). The fourth-order valence-corrected chi connectivity index (χ4v) is 2.50. The summed E-state index contributed by atoms with van der Waals surface area (Å²) in [5.41, 5.74) is 2.20. The average Bonchev–Trinajstić information content (AvgIpc) is 3.15. The van der Waals surface area contributed by atoms with Crippen molar-refractivity contribution in [2.24, 2.45) is 0 Å². The molecular formula is C20H21N5O4. The van der Waals surface area contributed by atoms with Gasteiger partial charge >= 0.3 is 11.9 Å². The van der Waals surface area contributed by atoms with Gasteiger partial charge in [0.15, 0.2) is 5.82 Å². The number of hydrogen-bond acceptors (Lipinski definition) is 8. The van der Waals surface area contributed by atoms with Gasteiger partial charge in [0.25, 0.3) is 5.95 Å². The van der Waals surface area contributed by atoms with Crippen LogP contribution in [0.2, 0.25) is 0 Å². The zero-order valence-corrected chi connectivity index (χ0v) is 16.4. The SMILES string of the molecule is CCOC(=O)c1ccc(Nc2nc(-n3cc(C)cn3)ncc2C(=O)OCC)cc1. The number of benzene rings is 1. The van der Waals surface area contributed by atoms with E-state index in [2.05, 4.69) is 20.4 Å². The Labute approximate surface area is 167 Å². The molecule has 0 unspecified atom stereocenters. The van der Waals surface area contributed by atoms with Crippen LogP contribution in [0.3, 0.4) is 0 Å². The predicted molar refractivity (Wildman–Crippen MR) is 106 cm³/mol. The van der Waals surface area contributed by atoms with Gasteiger partial charge in [-0.25, -0.2) is 19.3 Å². The van der Waals surface area contributed by atoms with Crippen molar-refractivity contribution in [3.05, 3.63) is 59.5 Å². The quantitative estimate of drug-likeness (QED) is 0.608. The highest BCUT2D eigenvalue weighted by atomic mass is 16.5. The topological polar surface area (TPSA) is 108 Å². The lowest BCUT2D eigenvalue weighted by atomic mass is 10.2. The van der Waals surface area contributed by atoms with Crippen LogP contribution in [-0.2, 0) is 9.47 Å². The second kappa shape index (κ2) is 8.96. The minimum absolute atomic E-state index is 0.189. The number of aryl methyl sites for hydroxylation is 1. The van der Waals surface area contributed by atoms with E-state index in [1.54, 1.807) is 50.5 Å². The molecule has 0 saturated carbocycles. The maximum Gasteiger partial charge on any atom is 0.343 e. The number of aromatic nitrogens is 4. The van der Waals surface area contributed by atoms with Crippen molar-refractivity contribution < 1.29 is 19.1 Å². The Morgan fingerprint density at radius 3 is 2.34 bits per heavy atom. The number of rotatable bonds is 7. The summed E-state index contributed by atoms with van der Waals surface area (Å²) in [5, 5.41) is 7.27. The van der Waals surface area contributed by atoms with Crippen LogP contribution in [0.4, 0.5) is 11.5 Å². The summed E-state index contributed by atoms with van der Waals surface area (Å²) in [6, 6.07) is 6.65. The van der Waals surface area contributed by atoms with E-state index in [1.807, 2.05) is 6.92 Å². The first kappa shape index (κ1) is 20.0. The van der Waals surface area contributed by atoms with Gasteiger partial charge in [0, 0.05) is 18.1 Å². The zero-order valence-electron chi connectivity index (χ0n) is 16.4. The molecule has 0 aliphatic heterocycles. The molecule has 3 aromatic rings. The highest BCUT2D eigenvalue weighted by Gasteiger charge is 2.17. The average molecular weight is 395 g/mol. The summed E-state index contributed by atoms with van der Waals surface area (Å²) in [6.45, 7) is 5.91. The summed E-state index contributed by atoms with van der Waals surface area (Å²) < 4.78 is 11.6. The van der Waals surface area contributed by atoms with Crippen molar-refractivity contribution in [3.63, 3.8) is 0 Å². The lowest BCUT2D eigenvalue weighted by Crippen LogP contribution is -2.13. The van der Waals surface area contributed by atoms with Crippen LogP contribution in [0.25, 0.3) is 5.95 Å². The van der Waals surface area contributed by atoms with Crippen LogP contribution in [0.15, 0.2) is 42.9 Å². The monoisotopic (exact) mass is 395 g/mol. The van der Waals surface area contributed by atoms with Crippen molar-refractivity contribution in [3.8, 4) is 5.95 Å². The first-order valence-electron chi connectivity index (χ1n) is 9.11. The molecule has 2 aromatic heterocycles. The molecule has 0 bridgehead atoms. The van der Waals surface area contributed by atoms with Gasteiger partial charge in [0.2, 0.25) is 0 Å². The first-order valence-corrected chi connectivity index (χ1v) is 9.11. The fraction of sp³-hybridized carbons (Fsp3) is 0.250. The number of hydrogen-bond donors (Lipinski definition) is 1. The Balaban J connectivity index is 1.92. The first-order chi connectivity index (χ1) is 14.0. The third-order valence-electron chi connectivity index (χ3n) is 3.85. The summed E-state index contributed by atoms with van der Waals surface area (Å²) >= 11 is 0. The Morgan fingerprint density at radius 2 is 1.72 bits per heavy atom. The van der Waals surface area contributed by atoms with Crippen LogP contribution < -0.4 is 5.32 Å². The second-order valence-corrected chi connectivity index (χ2v) is 6.04. The molecule has 1 N–H and O–H groups in total. The van der Waals surface area contributed by atoms with Crippen molar-refractivity contribution in [1.82, 2.24) is 19.7 Å². The normalized spacial score (nSPS) is 10.4. The number of carbonyl (C=O) groups is 2. The molecule has 0 aliphatic carbocycles. The molecule has 150 valence electrons. The van der Waals surface area contributed by atoms with Gasteiger partial charge in [0.05, 0.1) is 25.0 Å². The Kier molecular flexibility index (Phi) is 6.18. The second-order valence-electron chi connectivity index (χ2n) is 6.04. The zero-order chi connectivity index (χ0) is 20.8. The molecule has 9 heteroatoms. The van der Waals surface area contributed by atoms with Crippen LogP contribution in [-0.4, -0.2) is 44.9 Å². The number of esters is 2. The van der Waals surface area contributed by atoms with Crippen molar-refractivity contribution >= 4 is 23.4 Å². The molecule has 1 aromatic carbocycles. The highest BCUT2D eigenvalue weighted by molar-refractivity contribution is 5.95. The van der Waals surface area contributed by atoms with E-state index in [0.29, 0.717) is 23.8 Å². The van der Waals surface area contributed by atoms with E-state index in [0.717, 1.165) is 5.56 Å². The molecule has 0 fully saturated rings. The van der Waals surface area contributed by atoms with E-state index < -0.39 is 11.9 Å². The molecular weight excluding hydrogens is 374 g/mol. The molecule has 0 radical (unpaired) electrons.